The molecule has 1 aliphatic rings. The van der Waals surface area contributed by atoms with E-state index in [-0.39, 0.29) is 29.7 Å². The van der Waals surface area contributed by atoms with E-state index in [0.29, 0.717) is 36.4 Å². The van der Waals surface area contributed by atoms with Gasteiger partial charge in [0.15, 0.2) is 0 Å². The molecule has 7 nitrogen and oxygen atoms in total. The molecule has 2 aromatic rings. The molecular weight excluding hydrogens is 349 g/mol. The van der Waals surface area contributed by atoms with Crippen molar-refractivity contribution < 1.29 is 14.0 Å². The number of carbonyl (C=O) groups is 2. The lowest BCUT2D eigenvalue weighted by atomic mass is 10.1. The number of fused-ring (bicyclic) bond motifs is 1. The summed E-state index contributed by atoms with van der Waals surface area (Å²) in [4.78, 5) is 35.0. The molecule has 2 atom stereocenters. The number of nitrogens with zero attached hydrogens (tertiary/aromatic N) is 3. The van der Waals surface area contributed by atoms with Crippen LogP contribution in [0.4, 0.5) is 4.39 Å². The van der Waals surface area contributed by atoms with E-state index in [4.69, 9.17) is 0 Å². The van der Waals surface area contributed by atoms with Crippen LogP contribution in [-0.4, -0.2) is 64.3 Å². The zero-order chi connectivity index (χ0) is 19.6. The molecule has 0 unspecified atom stereocenters. The number of rotatable bonds is 6. The van der Waals surface area contributed by atoms with Gasteiger partial charge in [0.05, 0.1) is 17.6 Å². The average molecular weight is 375 g/mol. The van der Waals surface area contributed by atoms with Gasteiger partial charge in [-0.25, -0.2) is 9.37 Å². The second-order valence-corrected chi connectivity index (χ2v) is 7.29. The van der Waals surface area contributed by atoms with Crippen LogP contribution in [0.15, 0.2) is 18.2 Å². The van der Waals surface area contributed by atoms with Gasteiger partial charge in [-0.1, -0.05) is 0 Å². The van der Waals surface area contributed by atoms with Crippen LogP contribution in [0, 0.1) is 5.82 Å². The number of likely N-dealkylation sites (N-methyl/N-ethyl adjacent to an activating group) is 1. The van der Waals surface area contributed by atoms with Crippen LogP contribution >= 0.6 is 0 Å². The Kier molecular flexibility index (Phi) is 5.74. The van der Waals surface area contributed by atoms with Crippen LogP contribution in [0.3, 0.4) is 0 Å². The Hall–Kier alpha value is -2.48. The third kappa shape index (κ3) is 4.63. The molecule has 0 bridgehead atoms. The molecule has 1 aliphatic heterocycles. The predicted octanol–water partition coefficient (Wildman–Crippen LogP) is 1.65. The highest BCUT2D eigenvalue weighted by molar-refractivity contribution is 5.77. The quantitative estimate of drug-likeness (QED) is 0.804. The number of nitrogens with one attached hydrogen (secondary N) is 2. The van der Waals surface area contributed by atoms with Crippen LogP contribution < -0.4 is 5.32 Å². The van der Waals surface area contributed by atoms with Crippen molar-refractivity contribution in [1.82, 2.24) is 25.1 Å². The molecule has 1 saturated heterocycles. The fourth-order valence-corrected chi connectivity index (χ4v) is 3.62. The summed E-state index contributed by atoms with van der Waals surface area (Å²) in [6, 6.07) is 4.83. The van der Waals surface area contributed by atoms with E-state index in [1.807, 2.05) is 7.05 Å². The second-order valence-electron chi connectivity index (χ2n) is 7.29. The van der Waals surface area contributed by atoms with Crippen LogP contribution in [-0.2, 0) is 16.1 Å². The van der Waals surface area contributed by atoms with Crippen LogP contribution in [0.1, 0.15) is 32.0 Å². The minimum Gasteiger partial charge on any atom is -0.355 e. The van der Waals surface area contributed by atoms with Crippen molar-refractivity contribution >= 4 is 22.8 Å². The van der Waals surface area contributed by atoms with Gasteiger partial charge in [0.2, 0.25) is 11.8 Å². The first-order chi connectivity index (χ1) is 12.8. The van der Waals surface area contributed by atoms with Crippen molar-refractivity contribution in [2.45, 2.75) is 44.8 Å². The Bertz CT molecular complexity index is 837. The molecule has 3 rings (SSSR count). The average Bonchev–Trinajstić information content (AvgIpc) is 3.16. The smallest absolute Gasteiger partial charge is 0.224 e. The van der Waals surface area contributed by atoms with E-state index in [1.54, 1.807) is 18.0 Å². The monoisotopic (exact) mass is 375 g/mol. The third-order valence-electron chi connectivity index (χ3n) is 5.29. The zero-order valence-corrected chi connectivity index (χ0v) is 16.0. The maximum atomic E-state index is 13.3. The molecule has 27 heavy (non-hydrogen) atoms. The molecule has 146 valence electrons. The van der Waals surface area contributed by atoms with E-state index in [0.717, 1.165) is 12.8 Å². The van der Waals surface area contributed by atoms with Gasteiger partial charge in [0, 0.05) is 39.0 Å². The standard InChI is InChI=1S/C19H26FN5O2/c1-12(26)21-10-15-6-5-14(25(15)3)9-19(27)24(2)11-18-22-16-7-4-13(20)8-17(16)23-18/h4,7-8,14-15H,5-6,9-11H2,1-3H3,(H,21,26)(H,22,23)/t14-,15+/m0/s1. The summed E-state index contributed by atoms with van der Waals surface area (Å²) in [6.07, 6.45) is 2.33. The minimum absolute atomic E-state index is 0.0339. The molecular formula is C19H26FN5O2. The van der Waals surface area contributed by atoms with Gasteiger partial charge in [0.1, 0.15) is 11.6 Å². The fraction of sp³-hybridized carbons (Fsp3) is 0.526. The Morgan fingerprint density at radius 3 is 2.85 bits per heavy atom. The number of amides is 2. The normalized spacial score (nSPS) is 20.1. The fourth-order valence-electron chi connectivity index (χ4n) is 3.62. The van der Waals surface area contributed by atoms with Gasteiger partial charge < -0.3 is 15.2 Å². The predicted molar refractivity (Wildman–Crippen MR) is 100 cm³/mol. The van der Waals surface area contributed by atoms with E-state index in [2.05, 4.69) is 20.2 Å². The van der Waals surface area contributed by atoms with Gasteiger partial charge in [-0.2, -0.15) is 0 Å². The number of H-pyrrole nitrogens is 1. The topological polar surface area (TPSA) is 81.3 Å². The van der Waals surface area contributed by atoms with Crippen molar-refractivity contribution in [2.75, 3.05) is 20.6 Å². The molecule has 2 heterocycles. The molecule has 0 saturated carbocycles. The Balaban J connectivity index is 1.55. The van der Waals surface area contributed by atoms with Crippen LogP contribution in [0.25, 0.3) is 11.0 Å². The lowest BCUT2D eigenvalue weighted by molar-refractivity contribution is -0.131. The molecule has 2 N–H and O–H groups in total. The molecule has 1 aromatic heterocycles. The van der Waals surface area contributed by atoms with E-state index in [9.17, 15) is 14.0 Å². The Morgan fingerprint density at radius 1 is 1.37 bits per heavy atom. The SMILES string of the molecule is CC(=O)NC[C@H]1CC[C@@H](CC(=O)N(C)Cc2nc3ccc(F)cc3[nH]2)N1C. The number of likely N-dealkylation sites (tertiary alicyclic amines) is 1. The first kappa shape index (κ1) is 19.3. The molecule has 2 amide bonds. The molecule has 0 spiro atoms. The van der Waals surface area contributed by atoms with Gasteiger partial charge >= 0.3 is 0 Å². The number of benzene rings is 1. The number of halogens is 1. The van der Waals surface area contributed by atoms with E-state index >= 15 is 0 Å². The highest BCUT2D eigenvalue weighted by Crippen LogP contribution is 2.25. The van der Waals surface area contributed by atoms with Gasteiger partial charge in [-0.15, -0.1) is 0 Å². The highest BCUT2D eigenvalue weighted by Gasteiger charge is 2.32. The minimum atomic E-state index is -0.319. The summed E-state index contributed by atoms with van der Waals surface area (Å²) in [6.45, 7) is 2.47. The maximum Gasteiger partial charge on any atom is 0.224 e. The van der Waals surface area contributed by atoms with Gasteiger partial charge in [-0.3, -0.25) is 14.5 Å². The van der Waals surface area contributed by atoms with Crippen LogP contribution in [0.2, 0.25) is 0 Å². The number of imidazole rings is 1. The van der Waals surface area contributed by atoms with Gasteiger partial charge in [0.25, 0.3) is 0 Å². The molecule has 0 radical (unpaired) electrons. The first-order valence-corrected chi connectivity index (χ1v) is 9.18. The van der Waals surface area contributed by atoms with Gasteiger partial charge in [-0.05, 0) is 38.1 Å². The van der Waals surface area contributed by atoms with Crippen LogP contribution in [0.5, 0.6) is 0 Å². The zero-order valence-electron chi connectivity index (χ0n) is 16.0. The lowest BCUT2D eigenvalue weighted by Crippen LogP contribution is -2.42. The van der Waals surface area contributed by atoms with Crippen molar-refractivity contribution in [2.24, 2.45) is 0 Å². The van der Waals surface area contributed by atoms with Crippen molar-refractivity contribution in [3.63, 3.8) is 0 Å². The number of hydrogen-bond acceptors (Lipinski definition) is 4. The number of hydrogen-bond donors (Lipinski definition) is 2. The van der Waals surface area contributed by atoms with Crippen molar-refractivity contribution in [1.29, 1.82) is 0 Å². The third-order valence-corrected chi connectivity index (χ3v) is 5.29. The Morgan fingerprint density at radius 2 is 2.11 bits per heavy atom. The second kappa shape index (κ2) is 8.04. The largest absolute Gasteiger partial charge is 0.355 e. The molecule has 1 aromatic carbocycles. The molecule has 8 heteroatoms. The summed E-state index contributed by atoms with van der Waals surface area (Å²) >= 11 is 0. The summed E-state index contributed by atoms with van der Waals surface area (Å²) in [5, 5.41) is 2.85. The van der Waals surface area contributed by atoms with Crippen molar-refractivity contribution in [3.05, 3.63) is 29.8 Å². The molecule has 0 aliphatic carbocycles. The highest BCUT2D eigenvalue weighted by atomic mass is 19.1. The maximum absolute atomic E-state index is 13.3. The lowest BCUT2D eigenvalue weighted by Gasteiger charge is -2.27. The summed E-state index contributed by atoms with van der Waals surface area (Å²) < 4.78 is 13.3. The summed E-state index contributed by atoms with van der Waals surface area (Å²) in [7, 11) is 3.76. The number of aromatic amines is 1. The summed E-state index contributed by atoms with van der Waals surface area (Å²) in [5.74, 6) is 0.321. The molecule has 1 fully saturated rings. The van der Waals surface area contributed by atoms with Crippen molar-refractivity contribution in [3.8, 4) is 0 Å². The van der Waals surface area contributed by atoms with E-state index in [1.165, 1.54) is 19.1 Å². The van der Waals surface area contributed by atoms with E-state index < -0.39 is 0 Å². The summed E-state index contributed by atoms with van der Waals surface area (Å²) in [5.41, 5.74) is 1.31. The number of aromatic nitrogens is 2. The first-order valence-electron chi connectivity index (χ1n) is 9.18. The number of carbonyl (C=O) groups excluding carboxylic acids is 2. The Labute approximate surface area is 157 Å².